The smallest absolute Gasteiger partial charge is 0.241 e. The van der Waals surface area contributed by atoms with Gasteiger partial charge in [-0.25, -0.2) is 0 Å². The maximum atomic E-state index is 12.8. The molecule has 6 heteroatoms. The molecule has 1 aromatic rings. The summed E-state index contributed by atoms with van der Waals surface area (Å²) >= 11 is 0. The standard InChI is InChI=1S/C18H25N3O3/c1-19-17(22)16(13-7-3-4-9-15(13)24-2)21-12-5-8-14(21)18(23)20-10-6-11-20/h3-4,7,9,14,16H,5-6,8,10-12H2,1-2H3,(H,19,22)/t14-,16+/m0/s1. The van der Waals surface area contributed by atoms with Gasteiger partial charge in [-0.15, -0.1) is 0 Å². The predicted molar refractivity (Wildman–Crippen MR) is 90.7 cm³/mol. The molecule has 0 spiro atoms. The van der Waals surface area contributed by atoms with Crippen LogP contribution in [0.1, 0.15) is 30.9 Å². The van der Waals surface area contributed by atoms with E-state index in [2.05, 4.69) is 5.32 Å². The van der Waals surface area contributed by atoms with Crippen molar-refractivity contribution in [1.29, 1.82) is 0 Å². The number of hydrogen-bond donors (Lipinski definition) is 1. The molecule has 0 saturated carbocycles. The third-order valence-corrected chi connectivity index (χ3v) is 5.01. The van der Waals surface area contributed by atoms with Crippen LogP contribution < -0.4 is 10.1 Å². The highest BCUT2D eigenvalue weighted by Gasteiger charge is 2.42. The summed E-state index contributed by atoms with van der Waals surface area (Å²) in [5.74, 6) is 0.721. The van der Waals surface area contributed by atoms with Crippen LogP contribution in [0.5, 0.6) is 5.75 Å². The Bertz CT molecular complexity index is 615. The van der Waals surface area contributed by atoms with E-state index < -0.39 is 6.04 Å². The molecule has 1 aromatic carbocycles. The zero-order valence-electron chi connectivity index (χ0n) is 14.3. The van der Waals surface area contributed by atoms with Gasteiger partial charge >= 0.3 is 0 Å². The van der Waals surface area contributed by atoms with Crippen LogP contribution in [0, 0.1) is 0 Å². The molecule has 2 fully saturated rings. The van der Waals surface area contributed by atoms with Gasteiger partial charge in [-0.2, -0.15) is 0 Å². The fourth-order valence-corrected chi connectivity index (χ4v) is 3.61. The lowest BCUT2D eigenvalue weighted by Crippen LogP contribution is -2.53. The van der Waals surface area contributed by atoms with Gasteiger partial charge in [0.25, 0.3) is 0 Å². The summed E-state index contributed by atoms with van der Waals surface area (Å²) in [6, 6.07) is 6.81. The van der Waals surface area contributed by atoms with Gasteiger partial charge in [0, 0.05) is 32.2 Å². The molecule has 2 amide bonds. The van der Waals surface area contributed by atoms with Gasteiger partial charge in [0.1, 0.15) is 11.8 Å². The number of methoxy groups -OCH3 is 1. The minimum atomic E-state index is -0.510. The number of para-hydroxylation sites is 1. The van der Waals surface area contributed by atoms with Gasteiger partial charge in [0.15, 0.2) is 0 Å². The van der Waals surface area contributed by atoms with Gasteiger partial charge in [-0.05, 0) is 25.3 Å². The van der Waals surface area contributed by atoms with E-state index in [1.54, 1.807) is 14.2 Å². The lowest BCUT2D eigenvalue weighted by Gasteiger charge is -2.38. The molecule has 1 N–H and O–H groups in total. The number of benzene rings is 1. The summed E-state index contributed by atoms with van der Waals surface area (Å²) in [7, 11) is 3.24. The van der Waals surface area contributed by atoms with Crippen LogP contribution in [0.3, 0.4) is 0 Å². The van der Waals surface area contributed by atoms with Crippen molar-refractivity contribution in [1.82, 2.24) is 15.1 Å². The van der Waals surface area contributed by atoms with E-state index in [9.17, 15) is 9.59 Å². The molecule has 0 bridgehead atoms. The Hall–Kier alpha value is -2.08. The number of likely N-dealkylation sites (N-methyl/N-ethyl adjacent to an activating group) is 1. The number of carbonyl (C=O) groups excluding carboxylic acids is 2. The summed E-state index contributed by atoms with van der Waals surface area (Å²) in [6.45, 7) is 2.41. The lowest BCUT2D eigenvalue weighted by molar-refractivity contribution is -0.141. The summed E-state index contributed by atoms with van der Waals surface area (Å²) in [4.78, 5) is 29.4. The van der Waals surface area contributed by atoms with Crippen LogP contribution in [-0.4, -0.2) is 61.4 Å². The van der Waals surface area contributed by atoms with Crippen molar-refractivity contribution < 1.29 is 14.3 Å². The molecule has 0 radical (unpaired) electrons. The van der Waals surface area contributed by atoms with E-state index in [-0.39, 0.29) is 17.9 Å². The Kier molecular flexibility index (Phi) is 5.04. The molecular formula is C18H25N3O3. The largest absolute Gasteiger partial charge is 0.496 e. The molecule has 130 valence electrons. The van der Waals surface area contributed by atoms with Crippen molar-refractivity contribution in [3.8, 4) is 5.75 Å². The van der Waals surface area contributed by atoms with Gasteiger partial charge in [0.2, 0.25) is 11.8 Å². The topological polar surface area (TPSA) is 61.9 Å². The van der Waals surface area contributed by atoms with Crippen molar-refractivity contribution in [2.45, 2.75) is 31.3 Å². The predicted octanol–water partition coefficient (Wildman–Crippen LogP) is 1.18. The van der Waals surface area contributed by atoms with Crippen molar-refractivity contribution in [2.24, 2.45) is 0 Å². The first kappa shape index (κ1) is 16.8. The third kappa shape index (κ3) is 2.98. The normalized spacial score (nSPS) is 21.9. The Morgan fingerprint density at radius 2 is 1.96 bits per heavy atom. The molecule has 2 saturated heterocycles. The van der Waals surface area contributed by atoms with E-state index in [0.29, 0.717) is 5.75 Å². The lowest BCUT2D eigenvalue weighted by atomic mass is 10.0. The quantitative estimate of drug-likeness (QED) is 0.880. The molecule has 0 aromatic heterocycles. The van der Waals surface area contributed by atoms with E-state index in [4.69, 9.17) is 4.74 Å². The maximum Gasteiger partial charge on any atom is 0.241 e. The highest BCUT2D eigenvalue weighted by atomic mass is 16.5. The molecular weight excluding hydrogens is 306 g/mol. The minimum Gasteiger partial charge on any atom is -0.496 e. The monoisotopic (exact) mass is 331 g/mol. The first-order valence-corrected chi connectivity index (χ1v) is 8.56. The van der Waals surface area contributed by atoms with Crippen LogP contribution in [0.2, 0.25) is 0 Å². The number of hydrogen-bond acceptors (Lipinski definition) is 4. The minimum absolute atomic E-state index is 0.109. The third-order valence-electron chi connectivity index (χ3n) is 5.01. The second-order valence-electron chi connectivity index (χ2n) is 6.33. The highest BCUT2D eigenvalue weighted by Crippen LogP contribution is 2.35. The maximum absolute atomic E-state index is 12.8. The SMILES string of the molecule is CNC(=O)[C@@H](c1ccccc1OC)N1CCC[C@H]1C(=O)N1CCC1. The molecule has 24 heavy (non-hydrogen) atoms. The van der Waals surface area contributed by atoms with Crippen LogP contribution in [0.25, 0.3) is 0 Å². The second-order valence-corrected chi connectivity index (χ2v) is 6.33. The van der Waals surface area contributed by atoms with Gasteiger partial charge < -0.3 is 15.0 Å². The van der Waals surface area contributed by atoms with Crippen molar-refractivity contribution in [3.05, 3.63) is 29.8 Å². The zero-order valence-corrected chi connectivity index (χ0v) is 14.3. The van der Waals surface area contributed by atoms with E-state index >= 15 is 0 Å². The van der Waals surface area contributed by atoms with Crippen molar-refractivity contribution >= 4 is 11.8 Å². The zero-order chi connectivity index (χ0) is 17.1. The molecule has 0 unspecified atom stereocenters. The summed E-state index contributed by atoms with van der Waals surface area (Å²) < 4.78 is 5.45. The average molecular weight is 331 g/mol. The number of carbonyl (C=O) groups is 2. The number of amides is 2. The van der Waals surface area contributed by atoms with Crippen molar-refractivity contribution in [2.75, 3.05) is 33.8 Å². The van der Waals surface area contributed by atoms with Crippen LogP contribution in [-0.2, 0) is 9.59 Å². The van der Waals surface area contributed by atoms with Crippen LogP contribution in [0.4, 0.5) is 0 Å². The molecule has 3 rings (SSSR count). The summed E-state index contributed by atoms with van der Waals surface area (Å²) in [5.41, 5.74) is 0.808. The molecule has 0 aliphatic carbocycles. The number of nitrogens with zero attached hydrogens (tertiary/aromatic N) is 2. The van der Waals surface area contributed by atoms with Gasteiger partial charge in [-0.3, -0.25) is 14.5 Å². The molecule has 6 nitrogen and oxygen atoms in total. The van der Waals surface area contributed by atoms with Gasteiger partial charge in [-0.1, -0.05) is 18.2 Å². The number of nitrogens with one attached hydrogen (secondary N) is 1. The number of rotatable bonds is 5. The summed E-state index contributed by atoms with van der Waals surface area (Å²) in [5, 5.41) is 2.75. The van der Waals surface area contributed by atoms with E-state index in [0.717, 1.165) is 44.5 Å². The Morgan fingerprint density at radius 1 is 1.21 bits per heavy atom. The van der Waals surface area contributed by atoms with Crippen LogP contribution >= 0.6 is 0 Å². The van der Waals surface area contributed by atoms with Gasteiger partial charge in [0.05, 0.1) is 13.2 Å². The number of likely N-dealkylation sites (tertiary alicyclic amines) is 2. The Morgan fingerprint density at radius 3 is 2.58 bits per heavy atom. The molecule has 2 atom stereocenters. The molecule has 2 aliphatic rings. The summed E-state index contributed by atoms with van der Waals surface area (Å²) in [6.07, 6.45) is 2.80. The first-order valence-electron chi connectivity index (χ1n) is 8.56. The van der Waals surface area contributed by atoms with Crippen LogP contribution in [0.15, 0.2) is 24.3 Å². The fraction of sp³-hybridized carbons (Fsp3) is 0.556. The first-order chi connectivity index (χ1) is 11.7. The van der Waals surface area contributed by atoms with E-state index in [1.165, 1.54) is 0 Å². The second kappa shape index (κ2) is 7.21. The fourth-order valence-electron chi connectivity index (χ4n) is 3.61. The molecule has 2 heterocycles. The van der Waals surface area contributed by atoms with Crippen molar-refractivity contribution in [3.63, 3.8) is 0 Å². The average Bonchev–Trinajstić information content (AvgIpc) is 3.03. The molecule has 2 aliphatic heterocycles. The number of ether oxygens (including phenoxy) is 1. The Balaban J connectivity index is 1.93. The highest BCUT2D eigenvalue weighted by molar-refractivity contribution is 5.87. The van der Waals surface area contributed by atoms with E-state index in [1.807, 2.05) is 34.1 Å². The Labute approximate surface area is 142 Å².